The zero-order chi connectivity index (χ0) is 9.07. The summed E-state index contributed by atoms with van der Waals surface area (Å²) in [5, 5.41) is 0. The number of likely N-dealkylation sites (tertiary alicyclic amines) is 1. The zero-order valence-corrected chi connectivity index (χ0v) is 8.27. The number of carbonyl (C=O) groups is 1. The Morgan fingerprint density at radius 2 is 1.82 bits per heavy atom. The summed E-state index contributed by atoms with van der Waals surface area (Å²) in [4.78, 5) is 12.7. The van der Waals surface area contributed by atoms with Gasteiger partial charge in [-0.3, -0.25) is 4.79 Å². The second kappa shape index (κ2) is 3.74. The average molecular weight is 157 g/mol. The summed E-state index contributed by atoms with van der Waals surface area (Å²) >= 11 is 0. The van der Waals surface area contributed by atoms with Crippen molar-refractivity contribution >= 4 is 5.91 Å². The van der Waals surface area contributed by atoms with Crippen LogP contribution in [0.15, 0.2) is 0 Å². The van der Waals surface area contributed by atoms with Crippen LogP contribution in [0.5, 0.6) is 0 Å². The molecule has 1 aliphatic heterocycles. The highest BCUT2D eigenvalue weighted by atomic mass is 16.2. The molecule has 1 aliphatic rings. The minimum absolute atomic E-state index is 0.145. The molecule has 0 aliphatic carbocycles. The Morgan fingerprint density at radius 1 is 1.36 bits per heavy atom. The lowest BCUT2D eigenvalue weighted by Crippen LogP contribution is -2.57. The van der Waals surface area contributed by atoms with E-state index in [1.807, 2.05) is 18.7 Å². The summed E-state index contributed by atoms with van der Waals surface area (Å²) in [5.41, 5.74) is 0.145. The van der Waals surface area contributed by atoms with E-state index in [4.69, 9.17) is 0 Å². The maximum Gasteiger partial charge on any atom is 0.219 e. The number of amides is 1. The average Bonchev–Trinajstić information content (AvgIpc) is 1.89. The third kappa shape index (κ3) is 2.21. The Morgan fingerprint density at radius 3 is 1.82 bits per heavy atom. The van der Waals surface area contributed by atoms with Crippen molar-refractivity contribution < 1.29 is 4.79 Å². The van der Waals surface area contributed by atoms with Gasteiger partial charge in [-0.05, 0) is 20.3 Å². The van der Waals surface area contributed by atoms with Crippen molar-refractivity contribution in [3.8, 4) is 0 Å². The maximum atomic E-state index is 10.8. The Hall–Kier alpha value is -0.530. The van der Waals surface area contributed by atoms with Gasteiger partial charge in [0.15, 0.2) is 0 Å². The number of hydrogen-bond acceptors (Lipinski definition) is 1. The molecule has 0 aromatic heterocycles. The molecule has 0 bridgehead atoms. The predicted octanol–water partition coefficient (Wildman–Crippen LogP) is 2.04. The molecule has 2 heteroatoms. The second-order valence-electron chi connectivity index (χ2n) is 3.23. The first-order valence-corrected chi connectivity index (χ1v) is 4.32. The summed E-state index contributed by atoms with van der Waals surface area (Å²) in [6.45, 7) is 10.8. The van der Waals surface area contributed by atoms with Crippen molar-refractivity contribution in [1.29, 1.82) is 0 Å². The van der Waals surface area contributed by atoms with E-state index in [1.165, 1.54) is 0 Å². The van der Waals surface area contributed by atoms with Gasteiger partial charge in [0.1, 0.15) is 0 Å². The van der Waals surface area contributed by atoms with E-state index in [0.29, 0.717) is 0 Å². The third-order valence-electron chi connectivity index (χ3n) is 2.06. The van der Waals surface area contributed by atoms with Crippen LogP contribution in [0.2, 0.25) is 0 Å². The lowest BCUT2D eigenvalue weighted by molar-refractivity contribution is -0.142. The van der Waals surface area contributed by atoms with Crippen molar-refractivity contribution in [2.24, 2.45) is 0 Å². The smallest absolute Gasteiger partial charge is 0.219 e. The third-order valence-corrected chi connectivity index (χ3v) is 2.06. The molecule has 0 aromatic rings. The number of carbonyl (C=O) groups excluding carboxylic acids is 1. The molecule has 1 fully saturated rings. The molecular weight excluding hydrogens is 138 g/mol. The topological polar surface area (TPSA) is 20.3 Å². The van der Waals surface area contributed by atoms with Crippen LogP contribution in [-0.4, -0.2) is 22.9 Å². The molecule has 1 rings (SSSR count). The summed E-state index contributed by atoms with van der Waals surface area (Å²) in [6, 6.07) is 0. The molecule has 0 saturated carbocycles. The van der Waals surface area contributed by atoms with E-state index >= 15 is 0 Å². The van der Waals surface area contributed by atoms with Crippen molar-refractivity contribution in [3.63, 3.8) is 0 Å². The summed E-state index contributed by atoms with van der Waals surface area (Å²) < 4.78 is 0. The highest BCUT2D eigenvalue weighted by Crippen LogP contribution is 2.28. The van der Waals surface area contributed by atoms with Crippen LogP contribution in [0.3, 0.4) is 0 Å². The van der Waals surface area contributed by atoms with Crippen LogP contribution in [0.25, 0.3) is 0 Å². The van der Waals surface area contributed by atoms with Crippen molar-refractivity contribution in [1.82, 2.24) is 4.90 Å². The van der Waals surface area contributed by atoms with Gasteiger partial charge in [-0.15, -0.1) is 0 Å². The fourth-order valence-corrected chi connectivity index (χ4v) is 1.25. The van der Waals surface area contributed by atoms with Crippen LogP contribution in [0.4, 0.5) is 0 Å². The first-order chi connectivity index (χ1) is 5.04. The SMILES string of the molecule is CC.CC(=O)N1CCC1(C)C. The second-order valence-corrected chi connectivity index (χ2v) is 3.23. The van der Waals surface area contributed by atoms with Crippen LogP contribution < -0.4 is 0 Å². The van der Waals surface area contributed by atoms with E-state index in [9.17, 15) is 4.79 Å². The van der Waals surface area contributed by atoms with Gasteiger partial charge in [0.05, 0.1) is 0 Å². The molecule has 1 heterocycles. The van der Waals surface area contributed by atoms with Crippen LogP contribution in [-0.2, 0) is 4.79 Å². The lowest BCUT2D eigenvalue weighted by Gasteiger charge is -2.48. The van der Waals surface area contributed by atoms with Gasteiger partial charge in [-0.2, -0.15) is 0 Å². The van der Waals surface area contributed by atoms with E-state index in [1.54, 1.807) is 6.92 Å². The molecule has 0 atom stereocenters. The van der Waals surface area contributed by atoms with Gasteiger partial charge in [-0.1, -0.05) is 13.8 Å². The van der Waals surface area contributed by atoms with Gasteiger partial charge in [0.25, 0.3) is 0 Å². The molecular formula is C9H19NO. The first-order valence-electron chi connectivity index (χ1n) is 4.32. The van der Waals surface area contributed by atoms with E-state index in [-0.39, 0.29) is 11.4 Å². The van der Waals surface area contributed by atoms with Gasteiger partial charge in [0.2, 0.25) is 5.91 Å². The van der Waals surface area contributed by atoms with Crippen LogP contribution in [0.1, 0.15) is 41.0 Å². The summed E-state index contributed by atoms with van der Waals surface area (Å²) in [6.07, 6.45) is 1.15. The van der Waals surface area contributed by atoms with Crippen molar-refractivity contribution in [2.45, 2.75) is 46.6 Å². The van der Waals surface area contributed by atoms with Gasteiger partial charge >= 0.3 is 0 Å². The monoisotopic (exact) mass is 157 g/mol. The fraction of sp³-hybridized carbons (Fsp3) is 0.889. The molecule has 1 saturated heterocycles. The van der Waals surface area contributed by atoms with Gasteiger partial charge in [-0.25, -0.2) is 0 Å². The number of hydrogen-bond donors (Lipinski definition) is 0. The molecule has 1 amide bonds. The first kappa shape index (κ1) is 10.5. The van der Waals surface area contributed by atoms with E-state index in [2.05, 4.69) is 13.8 Å². The standard InChI is InChI=1S/C7H13NO.C2H6/c1-6(9)8-5-4-7(8,2)3;1-2/h4-5H2,1-3H3;1-2H3. The van der Waals surface area contributed by atoms with Gasteiger partial charge < -0.3 is 4.90 Å². The summed E-state index contributed by atoms with van der Waals surface area (Å²) in [5.74, 6) is 0.200. The minimum Gasteiger partial charge on any atom is -0.338 e. The van der Waals surface area contributed by atoms with E-state index < -0.39 is 0 Å². The van der Waals surface area contributed by atoms with Crippen molar-refractivity contribution in [3.05, 3.63) is 0 Å². The quantitative estimate of drug-likeness (QED) is 0.527. The van der Waals surface area contributed by atoms with Crippen molar-refractivity contribution in [2.75, 3.05) is 6.54 Å². The Bertz CT molecular complexity index is 140. The largest absolute Gasteiger partial charge is 0.338 e. The van der Waals surface area contributed by atoms with Crippen LogP contribution >= 0.6 is 0 Å². The lowest BCUT2D eigenvalue weighted by atomic mass is 9.89. The predicted molar refractivity (Wildman–Crippen MR) is 47.4 cm³/mol. The molecule has 0 aromatic carbocycles. The number of rotatable bonds is 0. The Labute approximate surface area is 69.6 Å². The fourth-order valence-electron chi connectivity index (χ4n) is 1.25. The molecule has 2 nitrogen and oxygen atoms in total. The van der Waals surface area contributed by atoms with E-state index in [0.717, 1.165) is 13.0 Å². The molecule has 66 valence electrons. The summed E-state index contributed by atoms with van der Waals surface area (Å²) in [7, 11) is 0. The highest BCUT2D eigenvalue weighted by molar-refractivity contribution is 5.75. The Kier molecular flexibility index (Phi) is 3.56. The molecule has 0 radical (unpaired) electrons. The van der Waals surface area contributed by atoms with Crippen LogP contribution in [0, 0.1) is 0 Å². The molecule has 0 spiro atoms. The minimum atomic E-state index is 0.145. The molecule has 0 unspecified atom stereocenters. The molecule has 11 heavy (non-hydrogen) atoms. The highest BCUT2D eigenvalue weighted by Gasteiger charge is 2.37. The Balaban J connectivity index is 0.000000461. The maximum absolute atomic E-state index is 10.8. The normalized spacial score (nSPS) is 19.5. The number of nitrogens with zero attached hydrogens (tertiary/aromatic N) is 1. The van der Waals surface area contributed by atoms with Gasteiger partial charge in [0, 0.05) is 19.0 Å². The molecule has 0 N–H and O–H groups in total. The zero-order valence-electron chi connectivity index (χ0n) is 8.27.